The van der Waals surface area contributed by atoms with Gasteiger partial charge in [0.1, 0.15) is 5.54 Å². The Morgan fingerprint density at radius 1 is 0.941 bits per heavy atom. The van der Waals surface area contributed by atoms with Crippen LogP contribution >= 0.6 is 0 Å². The van der Waals surface area contributed by atoms with Crippen LogP contribution in [0.4, 0.5) is 11.4 Å². The van der Waals surface area contributed by atoms with Gasteiger partial charge in [-0.2, -0.15) is 0 Å². The summed E-state index contributed by atoms with van der Waals surface area (Å²) in [6, 6.07) is 15.3. The molecular formula is C27H32N4O3. The summed E-state index contributed by atoms with van der Waals surface area (Å²) < 4.78 is 0. The number of anilines is 2. The molecular weight excluding hydrogens is 428 g/mol. The normalized spacial score (nSPS) is 20.1. The van der Waals surface area contributed by atoms with E-state index >= 15 is 0 Å². The number of rotatable bonds is 3. The summed E-state index contributed by atoms with van der Waals surface area (Å²) in [5.41, 5.74) is 2.48. The Hall–Kier alpha value is -3.19. The average Bonchev–Trinajstić information content (AvgIpc) is 3.20. The van der Waals surface area contributed by atoms with Crippen molar-refractivity contribution in [3.05, 3.63) is 59.7 Å². The molecule has 0 aromatic heterocycles. The highest BCUT2D eigenvalue weighted by Crippen LogP contribution is 2.45. The fourth-order valence-electron chi connectivity index (χ4n) is 5.68. The van der Waals surface area contributed by atoms with Gasteiger partial charge in [-0.3, -0.25) is 24.2 Å². The first-order valence-corrected chi connectivity index (χ1v) is 12.3. The molecule has 0 bridgehead atoms. The molecule has 3 aliphatic rings. The van der Waals surface area contributed by atoms with Crippen LogP contribution in [-0.2, 0) is 9.59 Å². The number of benzene rings is 2. The Bertz CT molecular complexity index is 1110. The number of carbonyl (C=O) groups is 3. The molecule has 2 aromatic rings. The Morgan fingerprint density at radius 3 is 2.53 bits per heavy atom. The van der Waals surface area contributed by atoms with Gasteiger partial charge in [-0.25, -0.2) is 0 Å². The smallest absolute Gasteiger partial charge is 0.253 e. The van der Waals surface area contributed by atoms with Crippen LogP contribution in [0.2, 0.25) is 0 Å². The van der Waals surface area contributed by atoms with Gasteiger partial charge in [0.25, 0.3) is 11.8 Å². The van der Waals surface area contributed by atoms with E-state index in [9.17, 15) is 14.4 Å². The van der Waals surface area contributed by atoms with Crippen molar-refractivity contribution >= 4 is 29.1 Å². The summed E-state index contributed by atoms with van der Waals surface area (Å²) >= 11 is 0. The number of hydrogen-bond donors (Lipinski definition) is 1. The highest BCUT2D eigenvalue weighted by molar-refractivity contribution is 6.15. The maximum absolute atomic E-state index is 13.7. The molecule has 1 saturated heterocycles. The van der Waals surface area contributed by atoms with Crippen LogP contribution in [-0.4, -0.2) is 65.8 Å². The van der Waals surface area contributed by atoms with Crippen LogP contribution in [0.3, 0.4) is 0 Å². The van der Waals surface area contributed by atoms with Gasteiger partial charge in [-0.15, -0.1) is 0 Å². The number of amides is 3. The third-order valence-corrected chi connectivity index (χ3v) is 7.42. The molecule has 2 aliphatic heterocycles. The average molecular weight is 461 g/mol. The Kier molecular flexibility index (Phi) is 6.13. The summed E-state index contributed by atoms with van der Waals surface area (Å²) in [4.78, 5) is 45.7. The molecule has 2 fully saturated rings. The minimum absolute atomic E-state index is 0.0392. The van der Waals surface area contributed by atoms with Crippen LogP contribution in [0.1, 0.15) is 48.0 Å². The summed E-state index contributed by atoms with van der Waals surface area (Å²) in [5, 5.41) is 3.04. The quantitative estimate of drug-likeness (QED) is 0.762. The minimum atomic E-state index is -0.787. The third kappa shape index (κ3) is 4.09. The van der Waals surface area contributed by atoms with E-state index in [4.69, 9.17) is 0 Å². The molecule has 1 aliphatic carbocycles. The van der Waals surface area contributed by atoms with Crippen molar-refractivity contribution in [3.8, 4) is 0 Å². The van der Waals surface area contributed by atoms with Crippen molar-refractivity contribution in [1.29, 1.82) is 0 Å². The van der Waals surface area contributed by atoms with Crippen molar-refractivity contribution < 1.29 is 14.4 Å². The maximum Gasteiger partial charge on any atom is 0.253 e. The van der Waals surface area contributed by atoms with E-state index in [0.29, 0.717) is 43.7 Å². The molecule has 0 radical (unpaired) electrons. The number of aryl methyl sites for hydroxylation is 1. The van der Waals surface area contributed by atoms with Gasteiger partial charge in [-0.05, 0) is 50.5 Å². The van der Waals surface area contributed by atoms with Gasteiger partial charge in [0.2, 0.25) is 5.91 Å². The standard InChI is InChI=1S/C27H32N4O3/c1-20-8-6-9-21(18-20)25(33)30-15-7-14-29(16-17-30)19-24(32)31-23-11-3-2-10-22(23)28-26(34)27(31)12-4-5-13-27/h2-3,6,8-11,18H,4-5,7,12-17,19H2,1H3,(H,28,34). The largest absolute Gasteiger partial charge is 0.337 e. The van der Waals surface area contributed by atoms with Crippen molar-refractivity contribution in [2.45, 2.75) is 44.6 Å². The first-order valence-electron chi connectivity index (χ1n) is 12.3. The molecule has 1 saturated carbocycles. The lowest BCUT2D eigenvalue weighted by molar-refractivity contribution is -0.128. The molecule has 178 valence electrons. The summed E-state index contributed by atoms with van der Waals surface area (Å²) in [5.74, 6) is -0.0612. The number of nitrogens with one attached hydrogen (secondary N) is 1. The number of nitrogens with zero attached hydrogens (tertiary/aromatic N) is 3. The fourth-order valence-corrected chi connectivity index (χ4v) is 5.68. The summed E-state index contributed by atoms with van der Waals surface area (Å²) in [7, 11) is 0. The zero-order valence-corrected chi connectivity index (χ0v) is 19.8. The summed E-state index contributed by atoms with van der Waals surface area (Å²) in [6.07, 6.45) is 4.08. The number of carbonyl (C=O) groups excluding carboxylic acids is 3. The predicted octanol–water partition coefficient (Wildman–Crippen LogP) is 3.44. The fraction of sp³-hybridized carbons (Fsp3) is 0.444. The zero-order chi connectivity index (χ0) is 23.7. The van der Waals surface area contributed by atoms with E-state index < -0.39 is 5.54 Å². The van der Waals surface area contributed by atoms with Gasteiger partial charge < -0.3 is 10.2 Å². The first kappa shape index (κ1) is 22.6. The lowest BCUT2D eigenvalue weighted by Crippen LogP contribution is -2.62. The molecule has 0 unspecified atom stereocenters. The van der Waals surface area contributed by atoms with Crippen molar-refractivity contribution in [3.63, 3.8) is 0 Å². The van der Waals surface area contributed by atoms with Crippen LogP contribution < -0.4 is 10.2 Å². The van der Waals surface area contributed by atoms with Crippen molar-refractivity contribution in [1.82, 2.24) is 9.80 Å². The van der Waals surface area contributed by atoms with Gasteiger partial charge in [0.15, 0.2) is 0 Å². The number of para-hydroxylation sites is 2. The minimum Gasteiger partial charge on any atom is -0.337 e. The molecule has 34 heavy (non-hydrogen) atoms. The third-order valence-electron chi connectivity index (χ3n) is 7.42. The lowest BCUT2D eigenvalue weighted by Gasteiger charge is -2.45. The Morgan fingerprint density at radius 2 is 1.74 bits per heavy atom. The number of hydrogen-bond acceptors (Lipinski definition) is 4. The number of fused-ring (bicyclic) bond motifs is 1. The van der Waals surface area contributed by atoms with E-state index in [1.807, 2.05) is 60.4 Å². The molecule has 1 spiro atoms. The van der Waals surface area contributed by atoms with Gasteiger partial charge in [-0.1, -0.05) is 42.7 Å². The topological polar surface area (TPSA) is 73.0 Å². The van der Waals surface area contributed by atoms with E-state index in [-0.39, 0.29) is 24.3 Å². The molecule has 3 amide bonds. The Balaban J connectivity index is 1.31. The van der Waals surface area contributed by atoms with Crippen molar-refractivity contribution in [2.24, 2.45) is 0 Å². The second-order valence-electron chi connectivity index (χ2n) is 9.73. The monoisotopic (exact) mass is 460 g/mol. The Labute approximate surface area is 200 Å². The highest BCUT2D eigenvalue weighted by Gasteiger charge is 2.52. The van der Waals surface area contributed by atoms with E-state index in [1.165, 1.54) is 0 Å². The molecule has 2 aromatic carbocycles. The van der Waals surface area contributed by atoms with Crippen LogP contribution in [0.25, 0.3) is 0 Å². The van der Waals surface area contributed by atoms with E-state index in [1.54, 1.807) is 4.90 Å². The summed E-state index contributed by atoms with van der Waals surface area (Å²) in [6.45, 7) is 4.88. The van der Waals surface area contributed by atoms with Gasteiger partial charge >= 0.3 is 0 Å². The van der Waals surface area contributed by atoms with E-state index in [0.717, 1.165) is 37.1 Å². The van der Waals surface area contributed by atoms with Crippen LogP contribution in [0.15, 0.2) is 48.5 Å². The van der Waals surface area contributed by atoms with Crippen LogP contribution in [0, 0.1) is 6.92 Å². The van der Waals surface area contributed by atoms with Crippen molar-refractivity contribution in [2.75, 3.05) is 42.9 Å². The molecule has 7 heteroatoms. The van der Waals surface area contributed by atoms with Gasteiger partial charge in [0.05, 0.1) is 17.9 Å². The second-order valence-corrected chi connectivity index (χ2v) is 9.73. The first-order chi connectivity index (χ1) is 16.5. The molecule has 7 nitrogen and oxygen atoms in total. The van der Waals surface area contributed by atoms with Crippen LogP contribution in [0.5, 0.6) is 0 Å². The lowest BCUT2D eigenvalue weighted by atomic mass is 9.89. The molecule has 2 heterocycles. The second kappa shape index (κ2) is 9.22. The predicted molar refractivity (Wildman–Crippen MR) is 132 cm³/mol. The van der Waals surface area contributed by atoms with Gasteiger partial charge in [0, 0.05) is 31.7 Å². The maximum atomic E-state index is 13.7. The molecule has 1 N–H and O–H groups in total. The highest BCUT2D eigenvalue weighted by atomic mass is 16.2. The molecule has 0 atom stereocenters. The SMILES string of the molecule is Cc1cccc(C(=O)N2CCCN(CC(=O)N3c4ccccc4NC(=O)C34CCCC4)CC2)c1. The molecule has 5 rings (SSSR count). The zero-order valence-electron chi connectivity index (χ0n) is 19.8. The van der Waals surface area contributed by atoms with E-state index in [2.05, 4.69) is 10.2 Å².